The Labute approximate surface area is 128 Å². The first-order valence-corrected chi connectivity index (χ1v) is 7.32. The van der Waals surface area contributed by atoms with Gasteiger partial charge >= 0.3 is 0 Å². The van der Waals surface area contributed by atoms with Crippen LogP contribution in [0.4, 0.5) is 14.6 Å². The lowest BCUT2D eigenvalue weighted by atomic mass is 10.1. The van der Waals surface area contributed by atoms with Gasteiger partial charge in [0.15, 0.2) is 0 Å². The number of pyridine rings is 1. The third-order valence-electron chi connectivity index (χ3n) is 3.51. The summed E-state index contributed by atoms with van der Waals surface area (Å²) in [6.45, 7) is 4.25. The quantitative estimate of drug-likeness (QED) is 0.818. The van der Waals surface area contributed by atoms with Crippen molar-refractivity contribution in [2.75, 3.05) is 18.0 Å². The van der Waals surface area contributed by atoms with Crippen molar-refractivity contribution in [1.29, 1.82) is 0 Å². The molecule has 22 heavy (non-hydrogen) atoms. The normalized spacial score (nSPS) is 16.6. The summed E-state index contributed by atoms with van der Waals surface area (Å²) in [7, 11) is 0. The molecule has 0 atom stereocenters. The van der Waals surface area contributed by atoms with E-state index in [1.165, 1.54) is 13.8 Å². The van der Waals surface area contributed by atoms with Crippen molar-refractivity contribution in [2.24, 2.45) is 0 Å². The van der Waals surface area contributed by atoms with Crippen molar-refractivity contribution in [3.05, 3.63) is 23.6 Å². The maximum Gasteiger partial charge on any atom is 0.207 e. The number of hydrogen-bond acceptors (Lipinski definition) is 4. The molecule has 2 heterocycles. The number of ether oxygens (including phenoxy) is 1. The third-order valence-corrected chi connectivity index (χ3v) is 3.51. The van der Waals surface area contributed by atoms with E-state index in [-0.39, 0.29) is 12.6 Å². The lowest BCUT2D eigenvalue weighted by molar-refractivity contribution is -0.158. The van der Waals surface area contributed by atoms with Crippen molar-refractivity contribution in [3.8, 4) is 0 Å². The average molecular weight is 313 g/mol. The van der Waals surface area contributed by atoms with E-state index in [9.17, 15) is 13.6 Å². The number of anilines is 1. The van der Waals surface area contributed by atoms with Crippen LogP contribution in [0.25, 0.3) is 0 Å². The molecule has 1 aromatic rings. The van der Waals surface area contributed by atoms with Gasteiger partial charge in [-0.3, -0.25) is 4.79 Å². The van der Waals surface area contributed by atoms with Crippen LogP contribution < -0.4 is 10.2 Å². The predicted molar refractivity (Wildman–Crippen MR) is 78.6 cm³/mol. The van der Waals surface area contributed by atoms with Crippen LogP contribution in [0.2, 0.25) is 0 Å². The maximum absolute atomic E-state index is 13.6. The second-order valence-corrected chi connectivity index (χ2v) is 5.80. The summed E-state index contributed by atoms with van der Waals surface area (Å²) in [6, 6.07) is 1.63. The Morgan fingerprint density at radius 2 is 2.18 bits per heavy atom. The smallest absolute Gasteiger partial charge is 0.207 e. The highest BCUT2D eigenvalue weighted by Gasteiger charge is 2.27. The topological polar surface area (TPSA) is 54.5 Å². The van der Waals surface area contributed by atoms with Crippen LogP contribution in [-0.4, -0.2) is 36.4 Å². The largest absolute Gasteiger partial charge is 0.356 e. The molecule has 0 aromatic carbocycles. The molecule has 1 aliphatic heterocycles. The predicted octanol–water partition coefficient (Wildman–Crippen LogP) is 2.16. The molecule has 0 radical (unpaired) electrons. The van der Waals surface area contributed by atoms with Gasteiger partial charge in [0.05, 0.1) is 12.3 Å². The molecule has 0 bridgehead atoms. The van der Waals surface area contributed by atoms with Crippen LogP contribution in [0.1, 0.15) is 32.3 Å². The van der Waals surface area contributed by atoms with Gasteiger partial charge in [0.2, 0.25) is 12.3 Å². The molecular weight excluding hydrogens is 292 g/mol. The van der Waals surface area contributed by atoms with E-state index in [4.69, 9.17) is 4.74 Å². The van der Waals surface area contributed by atoms with Crippen molar-refractivity contribution in [1.82, 2.24) is 10.3 Å². The van der Waals surface area contributed by atoms with Gasteiger partial charge < -0.3 is 15.0 Å². The van der Waals surface area contributed by atoms with Gasteiger partial charge in [-0.1, -0.05) is 0 Å². The molecule has 0 spiro atoms. The molecule has 1 fully saturated rings. The third kappa shape index (κ3) is 4.62. The van der Waals surface area contributed by atoms with Crippen LogP contribution in [0.3, 0.4) is 0 Å². The second-order valence-electron chi connectivity index (χ2n) is 5.80. The highest BCUT2D eigenvalue weighted by atomic mass is 19.2. The van der Waals surface area contributed by atoms with Gasteiger partial charge in [-0.05, 0) is 32.8 Å². The average Bonchev–Trinajstić information content (AvgIpc) is 2.46. The lowest BCUT2D eigenvalue weighted by Gasteiger charge is -2.34. The highest BCUT2D eigenvalue weighted by molar-refractivity contribution is 5.47. The van der Waals surface area contributed by atoms with Crippen LogP contribution in [0, 0.1) is 5.82 Å². The van der Waals surface area contributed by atoms with E-state index in [0.717, 1.165) is 6.20 Å². The van der Waals surface area contributed by atoms with Crippen LogP contribution in [-0.2, 0) is 16.1 Å². The molecule has 1 amide bonds. The minimum atomic E-state index is -1.63. The Morgan fingerprint density at radius 3 is 2.77 bits per heavy atom. The first kappa shape index (κ1) is 16.6. The number of hydrogen-bond donors (Lipinski definition) is 1. The molecule has 0 aliphatic carbocycles. The summed E-state index contributed by atoms with van der Waals surface area (Å²) in [4.78, 5) is 16.4. The fraction of sp³-hybridized carbons (Fsp3) is 0.600. The standard InChI is InChI=1S/C15H21F2N3O2/c1-15(2,17)22-12-3-5-20(6-4-12)14-7-11(8-18-10-21)13(16)9-19-14/h7,9-10,12H,3-6,8H2,1-2H3,(H,18,21). The Kier molecular flexibility index (Phi) is 5.28. The van der Waals surface area contributed by atoms with Crippen LogP contribution >= 0.6 is 0 Å². The van der Waals surface area contributed by atoms with Gasteiger partial charge in [-0.15, -0.1) is 0 Å². The summed E-state index contributed by atoms with van der Waals surface area (Å²) in [6.07, 6.45) is 2.95. The molecule has 1 N–H and O–H groups in total. The van der Waals surface area contributed by atoms with Crippen LogP contribution in [0.5, 0.6) is 0 Å². The number of alkyl halides is 1. The molecule has 122 valence electrons. The Bertz CT molecular complexity index is 512. The first-order valence-electron chi connectivity index (χ1n) is 7.32. The summed E-state index contributed by atoms with van der Waals surface area (Å²) >= 11 is 0. The minimum Gasteiger partial charge on any atom is -0.356 e. The number of nitrogens with zero attached hydrogens (tertiary/aromatic N) is 2. The molecule has 1 saturated heterocycles. The van der Waals surface area contributed by atoms with Gasteiger partial charge in [0, 0.05) is 25.2 Å². The zero-order valence-corrected chi connectivity index (χ0v) is 12.8. The minimum absolute atomic E-state index is 0.118. The first-order chi connectivity index (χ1) is 10.4. The number of aromatic nitrogens is 1. The number of carbonyl (C=O) groups is 1. The van der Waals surface area contributed by atoms with Crippen molar-refractivity contribution in [3.63, 3.8) is 0 Å². The SMILES string of the molecule is CC(C)(F)OC1CCN(c2cc(CNC=O)c(F)cn2)CC1. The highest BCUT2D eigenvalue weighted by Crippen LogP contribution is 2.24. The van der Waals surface area contributed by atoms with Crippen molar-refractivity contribution in [2.45, 2.75) is 45.2 Å². The van der Waals surface area contributed by atoms with Crippen molar-refractivity contribution >= 4 is 12.2 Å². The van der Waals surface area contributed by atoms with E-state index >= 15 is 0 Å². The number of carbonyl (C=O) groups excluding carboxylic acids is 1. The number of rotatable bonds is 6. The van der Waals surface area contributed by atoms with E-state index < -0.39 is 11.7 Å². The van der Waals surface area contributed by atoms with Gasteiger partial charge in [-0.25, -0.2) is 13.8 Å². The molecule has 5 nitrogen and oxygen atoms in total. The fourth-order valence-electron chi connectivity index (χ4n) is 2.53. The Hall–Kier alpha value is -1.76. The summed E-state index contributed by atoms with van der Waals surface area (Å²) in [5.41, 5.74) is 0.389. The number of piperidine rings is 1. The van der Waals surface area contributed by atoms with Gasteiger partial charge in [-0.2, -0.15) is 0 Å². The van der Waals surface area contributed by atoms with E-state index in [0.29, 0.717) is 43.7 Å². The summed E-state index contributed by atoms with van der Waals surface area (Å²) < 4.78 is 32.4. The lowest BCUT2D eigenvalue weighted by Crippen LogP contribution is -2.40. The molecule has 0 unspecified atom stereocenters. The van der Waals surface area contributed by atoms with Crippen LogP contribution in [0.15, 0.2) is 12.3 Å². The van der Waals surface area contributed by atoms with E-state index in [1.54, 1.807) is 6.07 Å². The van der Waals surface area contributed by atoms with Gasteiger partial charge in [0.25, 0.3) is 0 Å². The molecule has 1 aliphatic rings. The summed E-state index contributed by atoms with van der Waals surface area (Å²) in [5, 5.41) is 2.44. The summed E-state index contributed by atoms with van der Waals surface area (Å²) in [5.74, 6) is -1.42. The maximum atomic E-state index is 13.6. The Morgan fingerprint density at radius 1 is 1.50 bits per heavy atom. The van der Waals surface area contributed by atoms with Gasteiger partial charge in [0.1, 0.15) is 11.6 Å². The Balaban J connectivity index is 1.97. The zero-order chi connectivity index (χ0) is 16.2. The number of amides is 1. The molecule has 2 rings (SSSR count). The molecule has 1 aromatic heterocycles. The zero-order valence-electron chi connectivity index (χ0n) is 12.8. The molecule has 0 saturated carbocycles. The molecule has 7 heteroatoms. The second kappa shape index (κ2) is 7.00. The number of halogens is 2. The fourth-order valence-corrected chi connectivity index (χ4v) is 2.53. The van der Waals surface area contributed by atoms with E-state index in [1.807, 2.05) is 4.90 Å². The van der Waals surface area contributed by atoms with E-state index in [2.05, 4.69) is 10.3 Å². The number of nitrogens with one attached hydrogen (secondary N) is 1. The molecular formula is C15H21F2N3O2. The monoisotopic (exact) mass is 313 g/mol. The van der Waals surface area contributed by atoms with Crippen molar-refractivity contribution < 1.29 is 18.3 Å².